The first kappa shape index (κ1) is 32.8. The molecule has 0 aliphatic rings. The maximum Gasteiger partial charge on any atom is 0 e. The molecule has 4 heterocycles. The molecule has 4 aromatic heterocycles. The van der Waals surface area contributed by atoms with Crippen molar-refractivity contribution in [3.63, 3.8) is 0 Å². The van der Waals surface area contributed by atoms with Crippen LogP contribution in [0.1, 0.15) is 52.3 Å². The zero-order valence-corrected chi connectivity index (χ0v) is 33.0. The summed E-state index contributed by atoms with van der Waals surface area (Å²) in [6, 6.07) is 33.7. The summed E-state index contributed by atoms with van der Waals surface area (Å²) in [5.74, 6) is 7.43. The molecule has 7 aromatic rings. The Morgan fingerprint density at radius 3 is 2.33 bits per heavy atom. The molecule has 0 aliphatic heterocycles. The third-order valence-corrected chi connectivity index (χ3v) is 13.4. The van der Waals surface area contributed by atoms with Gasteiger partial charge in [0.1, 0.15) is 4.83 Å². The summed E-state index contributed by atoms with van der Waals surface area (Å²) in [6.45, 7) is 10.4. The first-order chi connectivity index (χ1) is 21.8. The number of nitrogens with zero attached hydrogens (tertiary/aromatic N) is 4. The third kappa shape index (κ3) is 6.77. The van der Waals surface area contributed by atoms with E-state index in [2.05, 4.69) is 95.3 Å². The number of rotatable bonds is 5. The van der Waals surface area contributed by atoms with Gasteiger partial charge in [-0.05, 0) is 49.1 Å². The van der Waals surface area contributed by atoms with Gasteiger partial charge in [-0.3, -0.25) is 4.98 Å². The fourth-order valence-electron chi connectivity index (χ4n) is 5.79. The summed E-state index contributed by atoms with van der Waals surface area (Å²) in [4.78, 5) is 15.4. The number of imidazole rings is 1. The van der Waals surface area contributed by atoms with Crippen molar-refractivity contribution in [2.24, 2.45) is 0 Å². The Labute approximate surface area is 294 Å². The van der Waals surface area contributed by atoms with Crippen LogP contribution in [0.3, 0.4) is 0 Å². The van der Waals surface area contributed by atoms with E-state index in [1.165, 1.54) is 19.9 Å². The molecule has 0 unspecified atom stereocenters. The third-order valence-electron chi connectivity index (χ3n) is 8.01. The molecule has 1 radical (unpaired) electrons. The molecular weight excluding hydrogens is 821 g/mol. The van der Waals surface area contributed by atoms with Gasteiger partial charge in [0, 0.05) is 31.8 Å². The quantitative estimate of drug-likeness (QED) is 0.128. The number of benzene rings is 3. The van der Waals surface area contributed by atoms with Crippen molar-refractivity contribution in [1.82, 2.24) is 19.5 Å². The zero-order valence-electron chi connectivity index (χ0n) is 28.7. The Morgan fingerprint density at radius 1 is 0.870 bits per heavy atom. The molecule has 0 atom stereocenters. The zero-order chi connectivity index (χ0) is 32.8. The van der Waals surface area contributed by atoms with Crippen LogP contribution in [0, 0.1) is 19.1 Å². The molecule has 7 heteroatoms. The van der Waals surface area contributed by atoms with Crippen molar-refractivity contribution < 1.29 is 21.5 Å². The molecular formula is C39H40GeIrN4S-2. The number of hydrogen-bond donors (Lipinski definition) is 0. The van der Waals surface area contributed by atoms with Gasteiger partial charge in [0.25, 0.3) is 0 Å². The first-order valence-corrected chi connectivity index (χ1v) is 23.6. The van der Waals surface area contributed by atoms with Crippen molar-refractivity contribution in [2.45, 2.75) is 63.8 Å². The molecule has 0 saturated heterocycles. The Bertz CT molecular complexity index is 2180. The first-order valence-electron chi connectivity index (χ1n) is 16.0. The summed E-state index contributed by atoms with van der Waals surface area (Å²) in [7, 11) is 0. The van der Waals surface area contributed by atoms with E-state index in [4.69, 9.17) is 11.3 Å². The van der Waals surface area contributed by atoms with Crippen molar-refractivity contribution in [3.8, 4) is 22.6 Å². The van der Waals surface area contributed by atoms with Crippen LogP contribution < -0.4 is 4.40 Å². The number of hydrogen-bond acceptors (Lipinski definition) is 4. The standard InChI is InChI=1S/C22H18N3S.C17H22GeN.Ir/c1-13(2)25-19-10-5-4-9-18(19)24-21(25)17-8-6-7-15-16-12-11-14(3)23-22(16)26-20(15)17;1-13(2)15-11-17(14-9-7-6-8-10-14)19-12-16(15)18(3,4)5;/h4-7,9-13H,1-3H3;6-9,11-13H,1-5H3;/q2*-1;/i;13D;. The van der Waals surface area contributed by atoms with E-state index in [9.17, 15) is 0 Å². The van der Waals surface area contributed by atoms with Crippen LogP contribution in [-0.2, 0) is 20.1 Å². The SMILES string of the molecule is Cc1ccc2c(n1)sc1c(-c3nc4ccccc4n3C(C)C)[c-]ccc12.[2H]C(C)(C)c1cc(-c2[c-]cccc2)nc[c]1[Ge]([CH3])([CH3])[CH3].[Ir]. The van der Waals surface area contributed by atoms with Gasteiger partial charge >= 0.3 is 120 Å². The molecule has 237 valence electrons. The van der Waals surface area contributed by atoms with Crippen molar-refractivity contribution in [2.75, 3.05) is 0 Å². The monoisotopic (exact) mass is 864 g/mol. The fourth-order valence-corrected chi connectivity index (χ4v) is 10.3. The molecule has 0 fully saturated rings. The number of thiophene rings is 1. The van der Waals surface area contributed by atoms with Crippen LogP contribution in [-0.4, -0.2) is 32.8 Å². The van der Waals surface area contributed by atoms with Gasteiger partial charge in [-0.15, -0.1) is 18.2 Å². The molecule has 4 nitrogen and oxygen atoms in total. The molecule has 0 amide bonds. The van der Waals surface area contributed by atoms with Crippen LogP contribution in [0.5, 0.6) is 0 Å². The van der Waals surface area contributed by atoms with Crippen molar-refractivity contribution >= 4 is 60.3 Å². The molecule has 0 saturated carbocycles. The molecule has 46 heavy (non-hydrogen) atoms. The molecule has 3 aromatic carbocycles. The van der Waals surface area contributed by atoms with E-state index >= 15 is 0 Å². The normalized spacial score (nSPS) is 12.2. The molecule has 0 N–H and O–H groups in total. The topological polar surface area (TPSA) is 43.6 Å². The largest absolute Gasteiger partial charge is 0 e. The Balaban J connectivity index is 0.000000188. The van der Waals surface area contributed by atoms with E-state index in [0.29, 0.717) is 6.04 Å². The maximum atomic E-state index is 8.44. The van der Waals surface area contributed by atoms with Crippen LogP contribution in [0.4, 0.5) is 0 Å². The smallest absolute Gasteiger partial charge is 0 e. The number of fused-ring (bicyclic) bond motifs is 4. The van der Waals surface area contributed by atoms with Gasteiger partial charge in [-0.2, -0.15) is 11.3 Å². The predicted molar refractivity (Wildman–Crippen MR) is 195 cm³/mol. The van der Waals surface area contributed by atoms with E-state index < -0.39 is 19.2 Å². The molecule has 0 bridgehead atoms. The fraction of sp³-hybridized carbons (Fsp3) is 0.256. The second kappa shape index (κ2) is 13.9. The van der Waals surface area contributed by atoms with E-state index in [-0.39, 0.29) is 20.1 Å². The van der Waals surface area contributed by atoms with Gasteiger partial charge in [0.15, 0.2) is 0 Å². The molecule has 0 aliphatic carbocycles. The van der Waals surface area contributed by atoms with Gasteiger partial charge in [-0.1, -0.05) is 29.1 Å². The number of pyridine rings is 2. The van der Waals surface area contributed by atoms with E-state index in [1.54, 1.807) is 11.3 Å². The van der Waals surface area contributed by atoms with E-state index in [0.717, 1.165) is 49.8 Å². The minimum Gasteiger partial charge on any atom is 0 e. The van der Waals surface area contributed by atoms with Crippen LogP contribution in [0.2, 0.25) is 17.3 Å². The van der Waals surface area contributed by atoms with Crippen molar-refractivity contribution in [3.05, 3.63) is 108 Å². The van der Waals surface area contributed by atoms with Gasteiger partial charge in [-0.25, -0.2) is 4.98 Å². The van der Waals surface area contributed by atoms with Crippen molar-refractivity contribution in [1.29, 1.82) is 0 Å². The number of aromatic nitrogens is 4. The molecule has 7 rings (SSSR count). The summed E-state index contributed by atoms with van der Waals surface area (Å²) < 4.78 is 13.3. The summed E-state index contributed by atoms with van der Waals surface area (Å²) >= 11 is -0.294. The average molecular weight is 863 g/mol. The van der Waals surface area contributed by atoms with Crippen LogP contribution >= 0.6 is 11.3 Å². The second-order valence-corrected chi connectivity index (χ2v) is 24.6. The predicted octanol–water partition coefficient (Wildman–Crippen LogP) is 10.4. The summed E-state index contributed by atoms with van der Waals surface area (Å²) in [5, 5.41) is 2.44. The summed E-state index contributed by atoms with van der Waals surface area (Å²) in [6.07, 6.45) is 2.00. The maximum absolute atomic E-state index is 8.44. The minimum absolute atomic E-state index is 0. The second-order valence-electron chi connectivity index (χ2n) is 13.0. The van der Waals surface area contributed by atoms with Crippen LogP contribution in [0.15, 0.2) is 85.1 Å². The Hall–Kier alpha value is -3.16. The Kier molecular flexibility index (Phi) is 9.91. The minimum atomic E-state index is -2.03. The van der Waals surface area contributed by atoms with Gasteiger partial charge < -0.3 is 4.57 Å². The average Bonchev–Trinajstić information content (AvgIpc) is 3.59. The number of aryl methyl sites for hydroxylation is 1. The van der Waals surface area contributed by atoms with Gasteiger partial charge in [0.2, 0.25) is 0 Å². The molecule has 0 spiro atoms. The summed E-state index contributed by atoms with van der Waals surface area (Å²) in [5.41, 5.74) is 7.32. The van der Waals surface area contributed by atoms with Gasteiger partial charge in [0.05, 0.1) is 16.9 Å². The van der Waals surface area contributed by atoms with E-state index in [1.807, 2.05) is 63.4 Å². The number of para-hydroxylation sites is 2. The Morgan fingerprint density at radius 2 is 1.63 bits per heavy atom. The van der Waals surface area contributed by atoms with Crippen LogP contribution in [0.25, 0.3) is 54.0 Å².